The highest BCUT2D eigenvalue weighted by molar-refractivity contribution is 5.87. The summed E-state index contributed by atoms with van der Waals surface area (Å²) >= 11 is 0. The summed E-state index contributed by atoms with van der Waals surface area (Å²) in [5.74, 6) is -1.26. The van der Waals surface area contributed by atoms with Crippen LogP contribution in [-0.2, 0) is 23.9 Å². The van der Waals surface area contributed by atoms with Crippen LogP contribution in [-0.4, -0.2) is 53.4 Å². The minimum atomic E-state index is -1.10. The molecule has 0 spiro atoms. The van der Waals surface area contributed by atoms with Gasteiger partial charge in [0.15, 0.2) is 0 Å². The van der Waals surface area contributed by atoms with E-state index in [9.17, 15) is 24.6 Å². The van der Waals surface area contributed by atoms with E-state index in [2.05, 4.69) is 6.58 Å². The first-order chi connectivity index (χ1) is 13.8. The second kappa shape index (κ2) is 11.5. The number of hydrogen-bond acceptors (Lipinski definition) is 7. The van der Waals surface area contributed by atoms with Gasteiger partial charge < -0.3 is 19.7 Å². The Balaban J connectivity index is 1.74. The fraction of sp³-hybridized carbons (Fsp3) is 0.773. The predicted molar refractivity (Wildman–Crippen MR) is 106 cm³/mol. The third-order valence-corrected chi connectivity index (χ3v) is 5.94. The van der Waals surface area contributed by atoms with Gasteiger partial charge in [0.1, 0.15) is 25.1 Å². The summed E-state index contributed by atoms with van der Waals surface area (Å²) in [6.45, 7) is 4.41. The summed E-state index contributed by atoms with van der Waals surface area (Å²) in [6, 6.07) is 0. The van der Waals surface area contributed by atoms with Crippen molar-refractivity contribution in [1.29, 1.82) is 0 Å². The van der Waals surface area contributed by atoms with Crippen molar-refractivity contribution in [3.05, 3.63) is 12.2 Å². The van der Waals surface area contributed by atoms with Gasteiger partial charge in [-0.25, -0.2) is 4.79 Å². The zero-order chi connectivity index (χ0) is 21.4. The molecule has 0 aromatic heterocycles. The maximum absolute atomic E-state index is 12.8. The lowest BCUT2D eigenvalue weighted by Gasteiger charge is -2.34. The van der Waals surface area contributed by atoms with E-state index in [0.29, 0.717) is 19.3 Å². The van der Waals surface area contributed by atoms with Gasteiger partial charge in [-0.3, -0.25) is 9.59 Å². The van der Waals surface area contributed by atoms with Crippen molar-refractivity contribution in [2.45, 2.75) is 76.9 Å². The third-order valence-electron chi connectivity index (χ3n) is 5.94. The summed E-state index contributed by atoms with van der Waals surface area (Å²) in [7, 11) is 0. The van der Waals surface area contributed by atoms with Crippen molar-refractivity contribution in [3.8, 4) is 0 Å². The van der Waals surface area contributed by atoms with Gasteiger partial charge in [-0.2, -0.15) is 0 Å². The third kappa shape index (κ3) is 7.55. The first-order valence-electron chi connectivity index (χ1n) is 10.7. The molecular weight excluding hydrogens is 376 g/mol. The van der Waals surface area contributed by atoms with Crippen molar-refractivity contribution < 1.29 is 34.1 Å². The van der Waals surface area contributed by atoms with E-state index < -0.39 is 30.1 Å². The number of rotatable bonds is 9. The molecule has 2 rings (SSSR count). The van der Waals surface area contributed by atoms with Crippen LogP contribution >= 0.6 is 0 Å². The lowest BCUT2D eigenvalue weighted by Crippen LogP contribution is -2.39. The minimum absolute atomic E-state index is 0.0122. The normalized spacial score (nSPS) is 26.4. The fourth-order valence-corrected chi connectivity index (χ4v) is 4.25. The average Bonchev–Trinajstić information content (AvgIpc) is 2.71. The van der Waals surface area contributed by atoms with Crippen LogP contribution in [0, 0.1) is 17.8 Å². The highest BCUT2D eigenvalue weighted by Gasteiger charge is 2.38. The van der Waals surface area contributed by atoms with E-state index in [0.717, 1.165) is 25.7 Å². The summed E-state index contributed by atoms with van der Waals surface area (Å²) in [6.07, 6.45) is 5.23. The quantitative estimate of drug-likeness (QED) is 0.443. The molecule has 2 aliphatic rings. The van der Waals surface area contributed by atoms with E-state index in [1.165, 1.54) is 13.3 Å². The van der Waals surface area contributed by atoms with Gasteiger partial charge in [0.25, 0.3) is 0 Å². The first kappa shape index (κ1) is 23.5. The summed E-state index contributed by atoms with van der Waals surface area (Å²) in [4.78, 5) is 36.2. The Kier molecular flexibility index (Phi) is 9.30. The Morgan fingerprint density at radius 1 is 1.03 bits per heavy atom. The highest BCUT2D eigenvalue weighted by Crippen LogP contribution is 2.36. The topological polar surface area (TPSA) is 110 Å². The molecule has 0 aromatic rings. The molecule has 0 aliphatic heterocycles. The minimum Gasteiger partial charge on any atom is -0.463 e. The Morgan fingerprint density at radius 2 is 1.69 bits per heavy atom. The number of aliphatic hydroxyl groups excluding tert-OH is 2. The van der Waals surface area contributed by atoms with Crippen molar-refractivity contribution in [1.82, 2.24) is 0 Å². The van der Waals surface area contributed by atoms with Gasteiger partial charge in [-0.1, -0.05) is 25.8 Å². The van der Waals surface area contributed by atoms with Crippen molar-refractivity contribution in [3.63, 3.8) is 0 Å². The van der Waals surface area contributed by atoms with E-state index >= 15 is 0 Å². The van der Waals surface area contributed by atoms with Crippen LogP contribution < -0.4 is 0 Å². The standard InChI is InChI=1S/C22H34O7/c1-14(2)22(27)29-13-17(23)12-28-20(25)11-15-8-9-19(24)18(10-15)21(26)16-6-4-3-5-7-16/h15-19,23-24H,1,3-13H2,2H3. The maximum Gasteiger partial charge on any atom is 0.333 e. The molecule has 2 saturated carbocycles. The van der Waals surface area contributed by atoms with Crippen LogP contribution in [0.3, 0.4) is 0 Å². The van der Waals surface area contributed by atoms with Gasteiger partial charge in [-0.05, 0) is 44.9 Å². The van der Waals surface area contributed by atoms with Crippen molar-refractivity contribution in [2.24, 2.45) is 17.8 Å². The number of Topliss-reactive ketones (excluding diaryl/α,β-unsaturated/α-hetero) is 1. The van der Waals surface area contributed by atoms with E-state index in [4.69, 9.17) is 9.47 Å². The van der Waals surface area contributed by atoms with Crippen LogP contribution in [0.15, 0.2) is 12.2 Å². The molecule has 7 heteroatoms. The van der Waals surface area contributed by atoms with Crippen LogP contribution in [0.4, 0.5) is 0 Å². The summed E-state index contributed by atoms with van der Waals surface area (Å²) in [5.41, 5.74) is 0.228. The van der Waals surface area contributed by atoms with Crippen LogP contribution in [0.5, 0.6) is 0 Å². The molecule has 7 nitrogen and oxygen atoms in total. The lowest BCUT2D eigenvalue weighted by molar-refractivity contribution is -0.152. The molecular formula is C22H34O7. The van der Waals surface area contributed by atoms with Crippen LogP contribution in [0.25, 0.3) is 0 Å². The predicted octanol–water partition coefficient (Wildman–Crippen LogP) is 2.33. The molecule has 2 aliphatic carbocycles. The van der Waals surface area contributed by atoms with E-state index in [1.807, 2.05) is 0 Å². The first-order valence-corrected chi connectivity index (χ1v) is 10.7. The number of aliphatic hydroxyl groups is 2. The zero-order valence-electron chi connectivity index (χ0n) is 17.3. The molecule has 0 saturated heterocycles. The van der Waals surface area contributed by atoms with Gasteiger partial charge in [0.05, 0.1) is 6.10 Å². The molecule has 2 N–H and O–H groups in total. The molecule has 29 heavy (non-hydrogen) atoms. The van der Waals surface area contributed by atoms with Gasteiger partial charge in [0.2, 0.25) is 0 Å². The number of carbonyl (C=O) groups is 3. The fourth-order valence-electron chi connectivity index (χ4n) is 4.25. The number of hydrogen-bond donors (Lipinski definition) is 2. The summed E-state index contributed by atoms with van der Waals surface area (Å²) in [5, 5.41) is 20.1. The van der Waals surface area contributed by atoms with E-state index in [-0.39, 0.29) is 42.8 Å². The zero-order valence-corrected chi connectivity index (χ0v) is 17.3. The molecule has 164 valence electrons. The monoisotopic (exact) mass is 410 g/mol. The molecule has 0 bridgehead atoms. The van der Waals surface area contributed by atoms with Gasteiger partial charge >= 0.3 is 11.9 Å². The number of carbonyl (C=O) groups excluding carboxylic acids is 3. The number of ether oxygens (including phenoxy) is 2. The average molecular weight is 411 g/mol. The molecule has 0 aromatic carbocycles. The molecule has 0 heterocycles. The lowest BCUT2D eigenvalue weighted by atomic mass is 9.71. The largest absolute Gasteiger partial charge is 0.463 e. The molecule has 0 radical (unpaired) electrons. The smallest absolute Gasteiger partial charge is 0.333 e. The molecule has 2 fully saturated rings. The van der Waals surface area contributed by atoms with Gasteiger partial charge in [0, 0.05) is 23.8 Å². The second-order valence-corrected chi connectivity index (χ2v) is 8.51. The van der Waals surface area contributed by atoms with Crippen molar-refractivity contribution in [2.75, 3.05) is 13.2 Å². The molecule has 4 atom stereocenters. The van der Waals surface area contributed by atoms with Crippen molar-refractivity contribution >= 4 is 17.7 Å². The maximum atomic E-state index is 12.8. The number of ketones is 1. The Labute approximate surface area is 172 Å². The van der Waals surface area contributed by atoms with E-state index in [1.54, 1.807) is 0 Å². The van der Waals surface area contributed by atoms with Crippen LogP contribution in [0.2, 0.25) is 0 Å². The second-order valence-electron chi connectivity index (χ2n) is 8.51. The SMILES string of the molecule is C=C(C)C(=O)OCC(O)COC(=O)CC1CCC(O)C(C(=O)C2CCCCC2)C1. The highest BCUT2D eigenvalue weighted by atomic mass is 16.6. The summed E-state index contributed by atoms with van der Waals surface area (Å²) < 4.78 is 9.90. The Hall–Kier alpha value is -1.73. The van der Waals surface area contributed by atoms with Gasteiger partial charge in [-0.15, -0.1) is 0 Å². The molecule has 4 unspecified atom stereocenters. The molecule has 0 amide bonds. The number of esters is 2. The Morgan fingerprint density at radius 3 is 2.34 bits per heavy atom. The van der Waals surface area contributed by atoms with Crippen LogP contribution in [0.1, 0.15) is 64.7 Å². The Bertz CT molecular complexity index is 594.